The minimum atomic E-state index is -3.91. The van der Waals surface area contributed by atoms with Crippen molar-refractivity contribution < 1.29 is 22.1 Å². The van der Waals surface area contributed by atoms with Gasteiger partial charge in [-0.3, -0.25) is 9.52 Å². The number of amides is 1. The molecule has 35 heavy (non-hydrogen) atoms. The predicted molar refractivity (Wildman–Crippen MR) is 132 cm³/mol. The average Bonchev–Trinajstić information content (AvgIpc) is 3.32. The molecule has 3 rings (SSSR count). The lowest BCUT2D eigenvalue weighted by atomic mass is 9.94. The van der Waals surface area contributed by atoms with E-state index >= 15 is 0 Å². The summed E-state index contributed by atoms with van der Waals surface area (Å²) in [7, 11) is -3.91. The van der Waals surface area contributed by atoms with Gasteiger partial charge in [-0.2, -0.15) is 4.98 Å². The molecule has 188 valence electrons. The van der Waals surface area contributed by atoms with Crippen molar-refractivity contribution in [3.8, 4) is 11.4 Å². The number of sulfonamides is 1. The second kappa shape index (κ2) is 11.4. The van der Waals surface area contributed by atoms with Crippen molar-refractivity contribution in [1.82, 2.24) is 10.1 Å². The van der Waals surface area contributed by atoms with E-state index in [1.165, 1.54) is 50.2 Å². The molecule has 0 bridgehead atoms. The fraction of sp³-hybridized carbons (Fsp3) is 0.375. The number of benzene rings is 2. The van der Waals surface area contributed by atoms with Crippen molar-refractivity contribution in [2.24, 2.45) is 11.1 Å². The lowest BCUT2D eigenvalue weighted by Gasteiger charge is -2.19. The van der Waals surface area contributed by atoms with Gasteiger partial charge >= 0.3 is 0 Å². The van der Waals surface area contributed by atoms with Crippen molar-refractivity contribution in [2.75, 3.05) is 23.3 Å². The Balaban J connectivity index is 1.68. The van der Waals surface area contributed by atoms with Crippen LogP contribution in [0, 0.1) is 5.41 Å². The maximum atomic E-state index is 13.0. The second-order valence-electron chi connectivity index (χ2n) is 8.79. The summed E-state index contributed by atoms with van der Waals surface area (Å²) < 4.78 is 46.6. The van der Waals surface area contributed by atoms with Gasteiger partial charge in [-0.1, -0.05) is 23.7 Å². The molecule has 0 saturated heterocycles. The third kappa shape index (κ3) is 7.09. The summed E-state index contributed by atoms with van der Waals surface area (Å²) in [6, 6.07) is 12.3. The first kappa shape index (κ1) is 26.3. The molecule has 1 aromatic heterocycles. The van der Waals surface area contributed by atoms with Crippen LogP contribution in [0.5, 0.6) is 0 Å². The highest BCUT2D eigenvalue weighted by Crippen LogP contribution is 2.24. The van der Waals surface area contributed by atoms with Crippen molar-refractivity contribution in [2.45, 2.75) is 44.4 Å². The molecule has 4 N–H and O–H groups in total. The van der Waals surface area contributed by atoms with E-state index in [0.29, 0.717) is 41.6 Å². The number of rotatable bonds is 12. The van der Waals surface area contributed by atoms with E-state index in [9.17, 15) is 17.6 Å². The zero-order valence-electron chi connectivity index (χ0n) is 19.8. The molecule has 11 heteroatoms. The van der Waals surface area contributed by atoms with Gasteiger partial charge in [0.1, 0.15) is 6.67 Å². The van der Waals surface area contributed by atoms with E-state index in [-0.39, 0.29) is 4.90 Å². The van der Waals surface area contributed by atoms with Crippen LogP contribution in [0.2, 0.25) is 0 Å². The van der Waals surface area contributed by atoms with Crippen molar-refractivity contribution in [3.63, 3.8) is 0 Å². The zero-order valence-corrected chi connectivity index (χ0v) is 20.6. The molecular weight excluding hydrogens is 473 g/mol. The first-order valence-corrected chi connectivity index (χ1v) is 12.8. The molecule has 0 atom stereocenters. The van der Waals surface area contributed by atoms with Crippen LogP contribution in [0.4, 0.5) is 15.8 Å². The molecular formula is C24H30FN5O4S. The summed E-state index contributed by atoms with van der Waals surface area (Å²) >= 11 is 0. The van der Waals surface area contributed by atoms with Gasteiger partial charge in [0.15, 0.2) is 0 Å². The smallest absolute Gasteiger partial charge is 0.261 e. The van der Waals surface area contributed by atoms with Gasteiger partial charge in [0.25, 0.3) is 10.0 Å². The predicted octanol–water partition coefficient (Wildman–Crippen LogP) is 4.14. The van der Waals surface area contributed by atoms with Gasteiger partial charge in [0.2, 0.25) is 17.6 Å². The van der Waals surface area contributed by atoms with E-state index in [0.717, 1.165) is 19.3 Å². The molecule has 0 aliphatic carbocycles. The standard InChI is InChI=1S/C24H30FN5O4S/c1-24(2,16-25)23(31)27-18-10-12-19(13-11-18)30-35(32,33)20-8-6-7-17(15-20)22-28-21(34-29-22)9-4-3-5-14-26/h6-8,10-13,15,30H,3-5,9,14,16,26H2,1-2H3,(H,27,31). The molecule has 3 aromatic rings. The number of alkyl halides is 1. The first-order chi connectivity index (χ1) is 16.6. The van der Waals surface area contributed by atoms with Crippen LogP contribution >= 0.6 is 0 Å². The highest BCUT2D eigenvalue weighted by atomic mass is 32.2. The second-order valence-corrected chi connectivity index (χ2v) is 10.5. The van der Waals surface area contributed by atoms with Crippen molar-refractivity contribution in [1.29, 1.82) is 0 Å². The first-order valence-electron chi connectivity index (χ1n) is 11.3. The highest BCUT2D eigenvalue weighted by molar-refractivity contribution is 7.92. The number of hydrogen-bond donors (Lipinski definition) is 3. The third-order valence-electron chi connectivity index (χ3n) is 5.31. The van der Waals surface area contributed by atoms with Crippen molar-refractivity contribution >= 4 is 27.3 Å². The van der Waals surface area contributed by atoms with Gasteiger partial charge in [-0.15, -0.1) is 0 Å². The number of unbranched alkanes of at least 4 members (excludes halogenated alkanes) is 2. The molecule has 1 amide bonds. The number of carbonyl (C=O) groups excluding carboxylic acids is 1. The number of hydrogen-bond acceptors (Lipinski definition) is 7. The number of nitrogens with one attached hydrogen (secondary N) is 2. The van der Waals surface area contributed by atoms with Crippen LogP contribution in [0.15, 0.2) is 57.9 Å². The normalized spacial score (nSPS) is 11.9. The quantitative estimate of drug-likeness (QED) is 0.316. The van der Waals surface area contributed by atoms with E-state index in [4.69, 9.17) is 10.3 Å². The molecule has 0 fully saturated rings. The molecule has 1 heterocycles. The average molecular weight is 504 g/mol. The Kier molecular flexibility index (Phi) is 8.57. The summed E-state index contributed by atoms with van der Waals surface area (Å²) in [5.74, 6) is 0.336. The van der Waals surface area contributed by atoms with Crippen LogP contribution in [-0.4, -0.2) is 37.7 Å². The molecule has 0 radical (unpaired) electrons. The third-order valence-corrected chi connectivity index (χ3v) is 6.69. The maximum absolute atomic E-state index is 13.0. The summed E-state index contributed by atoms with van der Waals surface area (Å²) in [5.41, 5.74) is 5.58. The fourth-order valence-corrected chi connectivity index (χ4v) is 4.17. The van der Waals surface area contributed by atoms with E-state index < -0.39 is 28.0 Å². The molecule has 0 spiro atoms. The lowest BCUT2D eigenvalue weighted by molar-refractivity contribution is -0.124. The molecule has 2 aromatic carbocycles. The fourth-order valence-electron chi connectivity index (χ4n) is 3.07. The molecule has 0 saturated carbocycles. The number of aromatic nitrogens is 2. The van der Waals surface area contributed by atoms with Gasteiger partial charge in [-0.05, 0) is 69.6 Å². The van der Waals surface area contributed by atoms with Crippen LogP contribution in [0.3, 0.4) is 0 Å². The number of halogens is 1. The Labute approximate surface area is 204 Å². The van der Waals surface area contributed by atoms with Gasteiger partial charge in [-0.25, -0.2) is 12.8 Å². The number of carbonyl (C=O) groups is 1. The largest absolute Gasteiger partial charge is 0.339 e. The van der Waals surface area contributed by atoms with Crippen LogP contribution in [0.1, 0.15) is 39.0 Å². The van der Waals surface area contributed by atoms with Crippen LogP contribution in [-0.2, 0) is 21.2 Å². The Morgan fingerprint density at radius 1 is 1.09 bits per heavy atom. The Bertz CT molecular complexity index is 1240. The Hall–Kier alpha value is -3.31. The number of nitrogens with zero attached hydrogens (tertiary/aromatic N) is 2. The van der Waals surface area contributed by atoms with Crippen LogP contribution < -0.4 is 15.8 Å². The number of nitrogens with two attached hydrogens (primary N) is 1. The minimum absolute atomic E-state index is 0.0337. The van der Waals surface area contributed by atoms with Crippen LogP contribution in [0.25, 0.3) is 11.4 Å². The molecule has 0 unspecified atom stereocenters. The van der Waals surface area contributed by atoms with Crippen molar-refractivity contribution in [3.05, 3.63) is 54.4 Å². The lowest BCUT2D eigenvalue weighted by Crippen LogP contribution is -2.32. The van der Waals surface area contributed by atoms with E-state index in [1.807, 2.05) is 0 Å². The molecule has 0 aliphatic heterocycles. The molecule has 9 nitrogen and oxygen atoms in total. The monoisotopic (exact) mass is 503 g/mol. The summed E-state index contributed by atoms with van der Waals surface area (Å²) in [6.45, 7) is 2.84. The SMILES string of the molecule is CC(C)(CF)C(=O)Nc1ccc(NS(=O)(=O)c2cccc(-c3noc(CCCCCN)n3)c2)cc1. The molecule has 0 aliphatic rings. The summed E-state index contributed by atoms with van der Waals surface area (Å²) in [4.78, 5) is 16.5. The highest BCUT2D eigenvalue weighted by Gasteiger charge is 2.27. The van der Waals surface area contributed by atoms with Gasteiger partial charge in [0, 0.05) is 23.4 Å². The van der Waals surface area contributed by atoms with E-state index in [2.05, 4.69) is 20.2 Å². The Morgan fingerprint density at radius 3 is 2.49 bits per heavy atom. The van der Waals surface area contributed by atoms with E-state index in [1.54, 1.807) is 12.1 Å². The van der Waals surface area contributed by atoms with Gasteiger partial charge < -0.3 is 15.6 Å². The Morgan fingerprint density at radius 2 is 1.80 bits per heavy atom. The summed E-state index contributed by atoms with van der Waals surface area (Å²) in [5, 5.41) is 6.58. The number of anilines is 2. The summed E-state index contributed by atoms with van der Waals surface area (Å²) in [6.07, 6.45) is 3.42. The topological polar surface area (TPSA) is 140 Å². The number of aryl methyl sites for hydroxylation is 1. The minimum Gasteiger partial charge on any atom is -0.339 e. The zero-order chi connectivity index (χ0) is 25.5. The maximum Gasteiger partial charge on any atom is 0.261 e. The van der Waals surface area contributed by atoms with Gasteiger partial charge in [0.05, 0.1) is 10.3 Å².